The molecule has 1 aliphatic rings. The van der Waals surface area contributed by atoms with E-state index in [1.165, 1.54) is 24.3 Å². The predicted octanol–water partition coefficient (Wildman–Crippen LogP) is 3.46. The van der Waals surface area contributed by atoms with Gasteiger partial charge in [-0.05, 0) is 48.7 Å². The Bertz CT molecular complexity index is 1180. The second kappa shape index (κ2) is 7.87. The maximum Gasteiger partial charge on any atom is 0.177 e. The first-order valence-electron chi connectivity index (χ1n) is 8.89. The van der Waals surface area contributed by atoms with E-state index in [2.05, 4.69) is 0 Å². The van der Waals surface area contributed by atoms with Crippen LogP contribution >= 0.6 is 0 Å². The van der Waals surface area contributed by atoms with Crippen molar-refractivity contribution in [3.8, 4) is 0 Å². The van der Waals surface area contributed by atoms with Crippen molar-refractivity contribution >= 4 is 31.4 Å². The third kappa shape index (κ3) is 5.02. The summed E-state index contributed by atoms with van der Waals surface area (Å²) in [6.45, 7) is 1.05. The lowest BCUT2D eigenvalue weighted by Crippen LogP contribution is -2.31. The number of sulfone groups is 2. The minimum Gasteiger partial charge on any atom is -0.370 e. The van der Waals surface area contributed by atoms with Gasteiger partial charge in [-0.2, -0.15) is 0 Å². The Balaban J connectivity index is 1.85. The number of benzene rings is 2. The quantitative estimate of drug-likeness (QED) is 0.727. The lowest BCUT2D eigenvalue weighted by Gasteiger charge is -2.32. The topological polar surface area (TPSA) is 71.5 Å². The molecule has 2 aromatic rings. The van der Waals surface area contributed by atoms with Gasteiger partial charge in [-0.3, -0.25) is 0 Å². The van der Waals surface area contributed by atoms with Crippen molar-refractivity contribution in [1.29, 1.82) is 0 Å². The number of anilines is 1. The van der Waals surface area contributed by atoms with Gasteiger partial charge < -0.3 is 4.90 Å². The van der Waals surface area contributed by atoms with Gasteiger partial charge in [0.25, 0.3) is 0 Å². The van der Waals surface area contributed by atoms with Crippen LogP contribution < -0.4 is 4.90 Å². The highest BCUT2D eigenvalue weighted by Crippen LogP contribution is 2.32. The zero-order valence-corrected chi connectivity index (χ0v) is 17.7. The number of piperidine rings is 1. The van der Waals surface area contributed by atoms with Gasteiger partial charge in [-0.1, -0.05) is 17.7 Å². The fourth-order valence-corrected chi connectivity index (χ4v) is 4.94. The summed E-state index contributed by atoms with van der Waals surface area (Å²) in [7, 11) is -7.17. The Morgan fingerprint density at radius 2 is 1.52 bits per heavy atom. The molecule has 0 N–H and O–H groups in total. The molecule has 0 bridgehead atoms. The summed E-state index contributed by atoms with van der Waals surface area (Å²) in [5, 5.41) is 0. The zero-order chi connectivity index (χ0) is 21.4. The van der Waals surface area contributed by atoms with Crippen LogP contribution in [0.4, 0.5) is 14.5 Å². The molecule has 156 valence electrons. The molecule has 0 amide bonds. The summed E-state index contributed by atoms with van der Waals surface area (Å²) in [6, 6.07) is 7.86. The van der Waals surface area contributed by atoms with E-state index < -0.39 is 31.3 Å². The molecule has 1 saturated heterocycles. The van der Waals surface area contributed by atoms with Crippen molar-refractivity contribution in [2.24, 2.45) is 0 Å². The van der Waals surface area contributed by atoms with E-state index in [1.54, 1.807) is 0 Å². The molecule has 1 heterocycles. The molecule has 29 heavy (non-hydrogen) atoms. The summed E-state index contributed by atoms with van der Waals surface area (Å²) < 4.78 is 74.5. The molecule has 0 unspecified atom stereocenters. The van der Waals surface area contributed by atoms with Crippen molar-refractivity contribution in [1.82, 2.24) is 0 Å². The maximum atomic E-state index is 13.4. The Kier molecular flexibility index (Phi) is 5.82. The van der Waals surface area contributed by atoms with Crippen LogP contribution in [0.5, 0.6) is 0 Å². The Labute approximate surface area is 169 Å². The molecule has 0 radical (unpaired) electrons. The van der Waals surface area contributed by atoms with Gasteiger partial charge >= 0.3 is 0 Å². The first-order chi connectivity index (χ1) is 13.4. The Morgan fingerprint density at radius 1 is 0.862 bits per heavy atom. The first-order valence-corrected chi connectivity index (χ1v) is 12.7. The average Bonchev–Trinajstić information content (AvgIpc) is 2.63. The normalized spacial score (nSPS) is 15.4. The monoisotopic (exact) mass is 441 g/mol. The fraction of sp³-hybridized carbons (Fsp3) is 0.300. The first kappa shape index (κ1) is 21.4. The van der Waals surface area contributed by atoms with E-state index in [-0.39, 0.29) is 9.79 Å². The van der Waals surface area contributed by atoms with Crippen LogP contribution in [0.15, 0.2) is 51.8 Å². The van der Waals surface area contributed by atoms with Crippen molar-refractivity contribution in [2.45, 2.75) is 22.6 Å². The number of halogens is 2. The van der Waals surface area contributed by atoms with Crippen LogP contribution in [-0.2, 0) is 19.7 Å². The summed E-state index contributed by atoms with van der Waals surface area (Å²) in [5.41, 5.74) is 2.08. The molecular formula is C20H21F2NO4S2. The fourth-order valence-electron chi connectivity index (χ4n) is 3.30. The second-order valence-electron chi connectivity index (χ2n) is 7.14. The molecule has 9 heteroatoms. The van der Waals surface area contributed by atoms with Gasteiger partial charge in [0.15, 0.2) is 31.3 Å². The Hall–Kier alpha value is -2.26. The van der Waals surface area contributed by atoms with Gasteiger partial charge in [-0.25, -0.2) is 25.6 Å². The highest BCUT2D eigenvalue weighted by atomic mass is 32.2. The highest BCUT2D eigenvalue weighted by molar-refractivity contribution is 7.91. The van der Waals surface area contributed by atoms with Gasteiger partial charge in [-0.15, -0.1) is 0 Å². The molecule has 0 aromatic heterocycles. The van der Waals surface area contributed by atoms with Crippen LogP contribution in [-0.4, -0.2) is 42.4 Å². The number of hydrogen-bond donors (Lipinski definition) is 0. The van der Waals surface area contributed by atoms with E-state index in [4.69, 9.17) is 0 Å². The molecule has 5 nitrogen and oxygen atoms in total. The molecule has 3 rings (SSSR count). The molecule has 0 atom stereocenters. The van der Waals surface area contributed by atoms with Gasteiger partial charge in [0.1, 0.15) is 0 Å². The third-order valence-corrected chi connectivity index (χ3v) is 7.06. The summed E-state index contributed by atoms with van der Waals surface area (Å²) in [5.74, 6) is -1.80. The smallest absolute Gasteiger partial charge is 0.177 e. The zero-order valence-electron chi connectivity index (χ0n) is 16.0. The third-order valence-electron chi connectivity index (χ3n) is 4.82. The van der Waals surface area contributed by atoms with Crippen molar-refractivity contribution in [3.63, 3.8) is 0 Å². The van der Waals surface area contributed by atoms with Gasteiger partial charge in [0, 0.05) is 25.6 Å². The average molecular weight is 442 g/mol. The number of rotatable bonds is 4. The van der Waals surface area contributed by atoms with E-state index in [9.17, 15) is 25.6 Å². The van der Waals surface area contributed by atoms with E-state index >= 15 is 0 Å². The van der Waals surface area contributed by atoms with Crippen LogP contribution in [0.3, 0.4) is 0 Å². The van der Waals surface area contributed by atoms with Crippen LogP contribution in [0.2, 0.25) is 0 Å². The molecular weight excluding hydrogens is 420 g/mol. The predicted molar refractivity (Wildman–Crippen MR) is 108 cm³/mol. The number of nitrogens with zero attached hydrogens (tertiary/aromatic N) is 1. The lowest BCUT2D eigenvalue weighted by atomic mass is 10.0. The minimum atomic E-state index is -3.63. The molecule has 1 fully saturated rings. The molecule has 0 aliphatic carbocycles. The molecule has 1 aliphatic heterocycles. The van der Waals surface area contributed by atoms with Crippen LogP contribution in [0, 0.1) is 11.6 Å². The van der Waals surface area contributed by atoms with Crippen molar-refractivity contribution < 1.29 is 25.6 Å². The summed E-state index contributed by atoms with van der Waals surface area (Å²) in [4.78, 5) is 1.83. The summed E-state index contributed by atoms with van der Waals surface area (Å²) >= 11 is 0. The largest absolute Gasteiger partial charge is 0.370 e. The molecule has 0 spiro atoms. The molecule has 0 saturated carbocycles. The van der Waals surface area contributed by atoms with E-state index in [0.717, 1.165) is 30.2 Å². The minimum absolute atomic E-state index is 0.0199. The van der Waals surface area contributed by atoms with Crippen LogP contribution in [0.25, 0.3) is 6.08 Å². The highest BCUT2D eigenvalue weighted by Gasteiger charge is 2.23. The Morgan fingerprint density at radius 3 is 2.07 bits per heavy atom. The van der Waals surface area contributed by atoms with E-state index in [1.807, 2.05) is 11.0 Å². The van der Waals surface area contributed by atoms with Gasteiger partial charge in [0.2, 0.25) is 0 Å². The number of hydrogen-bond acceptors (Lipinski definition) is 5. The lowest BCUT2D eigenvalue weighted by molar-refractivity contribution is 0.508. The second-order valence-corrected chi connectivity index (χ2v) is 11.1. The van der Waals surface area contributed by atoms with Crippen molar-refractivity contribution in [3.05, 3.63) is 59.2 Å². The van der Waals surface area contributed by atoms with Crippen LogP contribution in [0.1, 0.15) is 18.4 Å². The van der Waals surface area contributed by atoms with E-state index in [0.29, 0.717) is 37.2 Å². The van der Waals surface area contributed by atoms with Gasteiger partial charge in [0.05, 0.1) is 15.5 Å². The standard InChI is InChI=1S/C20H21F2NO4S2/c1-28(24,25)16-4-6-19(20(13-16)29(2,26)27)23-9-7-14(8-10-23)11-15-3-5-17(21)18(22)12-15/h3-6,11-13H,7-10H2,1-2H3. The molecule has 2 aromatic carbocycles. The van der Waals surface area contributed by atoms with Crippen molar-refractivity contribution in [2.75, 3.05) is 30.5 Å². The maximum absolute atomic E-state index is 13.4. The summed E-state index contributed by atoms with van der Waals surface area (Å²) in [6.07, 6.45) is 5.14. The SMILES string of the molecule is CS(=O)(=O)c1ccc(N2CCC(=Cc3ccc(F)c(F)c3)CC2)c(S(C)(=O)=O)c1.